The van der Waals surface area contributed by atoms with Crippen molar-refractivity contribution in [3.05, 3.63) is 0 Å². The summed E-state index contributed by atoms with van der Waals surface area (Å²) in [6.45, 7) is 9.71. The van der Waals surface area contributed by atoms with Gasteiger partial charge in [-0.1, -0.05) is 0 Å². The maximum atomic E-state index is 2.36. The van der Waals surface area contributed by atoms with E-state index in [9.17, 15) is 0 Å². The van der Waals surface area contributed by atoms with Crippen molar-refractivity contribution in [1.29, 1.82) is 0 Å². The first-order valence-electron chi connectivity index (χ1n) is 9.42. The van der Waals surface area contributed by atoms with Gasteiger partial charge in [0.05, 0.1) is 35.2 Å². The molecule has 0 saturated carbocycles. The standard InChI is InChI=1S/2C9H23N3.4ClH.2Mg/c2*1-10(2)6-8-12(5)9-7-11(3)4;;;;;;/h2*6-9H2,1-5H3;4*1H;;/q;;;;;;2*+2/p-1. The Morgan fingerprint density at radius 2 is 0.733 bits per heavy atom. The van der Waals surface area contributed by atoms with Gasteiger partial charge in [-0.2, -0.15) is 0 Å². The predicted octanol–water partition coefficient (Wildman–Crippen LogP) is -16.9. The fourth-order valence-corrected chi connectivity index (χ4v) is 1.91. The van der Waals surface area contributed by atoms with Crippen molar-refractivity contribution < 1.29 is 64.3 Å². The predicted molar refractivity (Wildman–Crippen MR) is 118 cm³/mol. The zero-order valence-corrected chi connectivity index (χ0v) is 27.3. The van der Waals surface area contributed by atoms with Gasteiger partial charge in [-0.3, -0.25) is 0 Å². The summed E-state index contributed by atoms with van der Waals surface area (Å²) in [5.41, 5.74) is 0. The zero-order valence-electron chi connectivity index (χ0n) is 21.4. The van der Waals surface area contributed by atoms with Gasteiger partial charge in [0.2, 0.25) is 0 Å². The molecule has 0 aliphatic heterocycles. The molecule has 6 nitrogen and oxygen atoms in total. The maximum Gasteiger partial charge on any atom is 2.00 e. The van der Waals surface area contributed by atoms with Crippen LogP contribution >= 0.6 is 0 Å². The average Bonchev–Trinajstić information content (AvgIpc) is 2.47. The number of nitrogens with one attached hydrogen (secondary N) is 3. The summed E-state index contributed by atoms with van der Waals surface area (Å²) in [6.07, 6.45) is 0. The summed E-state index contributed by atoms with van der Waals surface area (Å²) in [7, 11) is 21.8. The minimum absolute atomic E-state index is 0. The number of halogens is 4. The van der Waals surface area contributed by atoms with Crippen LogP contribution in [0, 0.1) is 0 Å². The van der Waals surface area contributed by atoms with Crippen molar-refractivity contribution in [3.63, 3.8) is 0 Å². The molecule has 0 rings (SSSR count). The Hall–Kier alpha value is 2.45. The molecule has 0 aromatic rings. The Kier molecular flexibility index (Phi) is 64.5. The molecule has 0 aliphatic carbocycles. The Balaban J connectivity index is -0.0000000448. The Labute approximate surface area is 246 Å². The van der Waals surface area contributed by atoms with Gasteiger partial charge < -0.3 is 79.0 Å². The van der Waals surface area contributed by atoms with Gasteiger partial charge in [0, 0.05) is 26.2 Å². The Morgan fingerprint density at radius 1 is 0.467 bits per heavy atom. The summed E-state index contributed by atoms with van der Waals surface area (Å²) < 4.78 is 0. The van der Waals surface area contributed by atoms with Crippen LogP contribution in [-0.4, -0.2) is 184 Å². The van der Waals surface area contributed by atoms with E-state index in [1.54, 1.807) is 14.7 Å². The van der Waals surface area contributed by atoms with E-state index in [2.05, 4.69) is 85.2 Å². The second-order valence-electron chi connectivity index (χ2n) is 8.28. The molecule has 0 fully saturated rings. The first-order valence-corrected chi connectivity index (χ1v) is 9.42. The number of quaternary nitrogens is 3. The molecule has 0 unspecified atom stereocenters. The van der Waals surface area contributed by atoms with Crippen LogP contribution < -0.4 is 64.3 Å². The number of nitrogens with zero attached hydrogens (tertiary/aromatic N) is 3. The van der Waals surface area contributed by atoms with Gasteiger partial charge in [0.25, 0.3) is 0 Å². The van der Waals surface area contributed by atoms with E-state index in [1.165, 1.54) is 26.2 Å². The molecule has 0 heterocycles. The minimum Gasteiger partial charge on any atom is -1.00 e. The third-order valence-electron chi connectivity index (χ3n) is 3.96. The van der Waals surface area contributed by atoms with Crippen LogP contribution in [0.3, 0.4) is 0 Å². The van der Waals surface area contributed by atoms with Crippen LogP contribution in [0.2, 0.25) is 0 Å². The molecule has 180 valence electrons. The topological polar surface area (TPSA) is 23.0 Å². The summed E-state index contributed by atoms with van der Waals surface area (Å²) in [4.78, 5) is 11.5. The van der Waals surface area contributed by atoms with E-state index in [1.807, 2.05) is 0 Å². The molecule has 0 atom stereocenters. The van der Waals surface area contributed by atoms with Gasteiger partial charge in [0.1, 0.15) is 26.2 Å². The van der Waals surface area contributed by atoms with Gasteiger partial charge >= 0.3 is 46.1 Å². The van der Waals surface area contributed by atoms with Crippen molar-refractivity contribution in [3.8, 4) is 0 Å². The Morgan fingerprint density at radius 3 is 0.933 bits per heavy atom. The van der Waals surface area contributed by atoms with E-state index in [0.717, 1.165) is 26.2 Å². The van der Waals surface area contributed by atoms with E-state index in [-0.39, 0.29) is 95.7 Å². The summed E-state index contributed by atoms with van der Waals surface area (Å²) in [5.74, 6) is 0. The van der Waals surface area contributed by atoms with Crippen molar-refractivity contribution >= 4 is 46.1 Å². The minimum atomic E-state index is 0. The average molecular weight is 540 g/mol. The number of hydrogen-bond donors (Lipinski definition) is 3. The second kappa shape index (κ2) is 36.0. The van der Waals surface area contributed by atoms with Crippen LogP contribution in [0.25, 0.3) is 0 Å². The van der Waals surface area contributed by atoms with E-state index in [0.29, 0.717) is 0 Å². The molecule has 0 radical (unpaired) electrons. The molecule has 0 bridgehead atoms. The molecular weight excluding hydrogens is 491 g/mol. The first-order chi connectivity index (χ1) is 11.0. The van der Waals surface area contributed by atoms with Crippen LogP contribution in [0.4, 0.5) is 0 Å². The number of likely N-dealkylation sites (N-methyl/N-ethyl adjacent to an activating group) is 6. The monoisotopic (exact) mass is 537 g/mol. The van der Waals surface area contributed by atoms with Crippen molar-refractivity contribution in [2.75, 3.05) is 123 Å². The molecule has 30 heavy (non-hydrogen) atoms. The van der Waals surface area contributed by atoms with Crippen LogP contribution in [0.5, 0.6) is 0 Å². The molecule has 12 heteroatoms. The van der Waals surface area contributed by atoms with Gasteiger partial charge in [-0.05, 0) is 35.2 Å². The van der Waals surface area contributed by atoms with Crippen LogP contribution in [0.1, 0.15) is 0 Å². The molecule has 0 aromatic carbocycles. The third kappa shape index (κ3) is 52.4. The molecule has 0 aromatic heterocycles. The summed E-state index contributed by atoms with van der Waals surface area (Å²) in [6, 6.07) is 0. The molecule has 0 saturated heterocycles. The molecular formula is C18H49Cl4Mg2N6+3. The Bertz CT molecular complexity index is 233. The summed E-state index contributed by atoms with van der Waals surface area (Å²) in [5, 5.41) is 0. The fourth-order valence-electron chi connectivity index (χ4n) is 1.91. The van der Waals surface area contributed by atoms with Crippen LogP contribution in [-0.2, 0) is 0 Å². The number of rotatable bonds is 12. The first kappa shape index (κ1) is 53.7. The molecule has 3 N–H and O–H groups in total. The van der Waals surface area contributed by atoms with Crippen LogP contribution in [0.15, 0.2) is 0 Å². The van der Waals surface area contributed by atoms with E-state index >= 15 is 0 Å². The molecule has 0 spiro atoms. The smallest absolute Gasteiger partial charge is 1.00 e. The van der Waals surface area contributed by atoms with Crippen molar-refractivity contribution in [2.45, 2.75) is 0 Å². The van der Waals surface area contributed by atoms with Crippen molar-refractivity contribution in [2.24, 2.45) is 0 Å². The second-order valence-corrected chi connectivity index (χ2v) is 8.28. The molecule has 0 aliphatic rings. The molecule has 0 amide bonds. The van der Waals surface area contributed by atoms with Crippen molar-refractivity contribution in [1.82, 2.24) is 14.7 Å². The number of hydrogen-bond acceptors (Lipinski definition) is 3. The summed E-state index contributed by atoms with van der Waals surface area (Å²) >= 11 is 0. The SMILES string of the molecule is CN(C)CCN(C)CCN(C)C.C[NH+](C)CC[NH+](C)CC[NH+](C)C.[Cl-].[Cl-].[Cl-].[Cl-].[Mg+2].[Mg+2]. The van der Waals surface area contributed by atoms with E-state index in [4.69, 9.17) is 0 Å². The van der Waals surface area contributed by atoms with E-state index < -0.39 is 0 Å². The zero-order chi connectivity index (χ0) is 19.1. The largest absolute Gasteiger partial charge is 2.00 e. The fraction of sp³-hybridized carbons (Fsp3) is 1.00. The van der Waals surface area contributed by atoms with Gasteiger partial charge in [-0.15, -0.1) is 0 Å². The normalized spacial score (nSPS) is 9.60. The maximum absolute atomic E-state index is 2.36. The van der Waals surface area contributed by atoms with Gasteiger partial charge in [-0.25, -0.2) is 0 Å². The van der Waals surface area contributed by atoms with Gasteiger partial charge in [0.15, 0.2) is 0 Å². The third-order valence-corrected chi connectivity index (χ3v) is 3.96. The quantitative estimate of drug-likeness (QED) is 0.215.